The van der Waals surface area contributed by atoms with E-state index < -0.39 is 5.92 Å². The minimum Gasteiger partial charge on any atom is -0.396 e. The molecule has 0 aliphatic carbocycles. The van der Waals surface area contributed by atoms with Crippen LogP contribution in [0, 0.1) is 19.3 Å². The van der Waals surface area contributed by atoms with Crippen LogP contribution in [-0.4, -0.2) is 20.3 Å². The van der Waals surface area contributed by atoms with Gasteiger partial charge in [0.2, 0.25) is 5.65 Å². The van der Waals surface area contributed by atoms with E-state index in [1.54, 1.807) is 6.92 Å². The van der Waals surface area contributed by atoms with Crippen molar-refractivity contribution in [3.63, 3.8) is 0 Å². The van der Waals surface area contributed by atoms with Crippen molar-refractivity contribution in [2.45, 2.75) is 26.2 Å². The summed E-state index contributed by atoms with van der Waals surface area (Å²) in [6.45, 7) is 2.54. The normalized spacial score (nSPS) is 11.6. The number of terminal acetylenes is 1. The fraction of sp³-hybridized carbons (Fsp3) is 0.250. The molecule has 8 heteroatoms. The highest BCUT2D eigenvalue weighted by molar-refractivity contribution is 5.85. The van der Waals surface area contributed by atoms with E-state index in [1.165, 1.54) is 12.1 Å². The van der Waals surface area contributed by atoms with E-state index in [2.05, 4.69) is 30.8 Å². The molecule has 6 nitrogen and oxygen atoms in total. The number of alkyl halides is 2. The van der Waals surface area contributed by atoms with Crippen LogP contribution in [-0.2, 0) is 12.3 Å². The fourth-order valence-corrected chi connectivity index (χ4v) is 2.46. The molecular formula is C16H13F2N5O. The van der Waals surface area contributed by atoms with Crippen LogP contribution in [0.2, 0.25) is 0 Å². The monoisotopic (exact) mass is 329 g/mol. The number of halogens is 2. The van der Waals surface area contributed by atoms with Crippen LogP contribution >= 0.6 is 0 Å². The summed E-state index contributed by atoms with van der Waals surface area (Å²) in [6.07, 6.45) is 5.59. The maximum Gasteiger partial charge on any atom is 0.273 e. The van der Waals surface area contributed by atoms with Crippen molar-refractivity contribution < 1.29 is 13.4 Å². The number of nitrogens with two attached hydrogens (primary N) is 1. The molecule has 0 atom stereocenters. The molecule has 0 radical (unpaired) electrons. The van der Waals surface area contributed by atoms with Crippen molar-refractivity contribution >= 4 is 16.9 Å². The summed E-state index contributed by atoms with van der Waals surface area (Å²) >= 11 is 0. The molecule has 3 aromatic heterocycles. The maximum absolute atomic E-state index is 13.5. The summed E-state index contributed by atoms with van der Waals surface area (Å²) in [5.41, 5.74) is 8.55. The Bertz CT molecular complexity index is 969. The molecule has 0 aliphatic rings. The van der Waals surface area contributed by atoms with E-state index in [4.69, 9.17) is 12.2 Å². The summed E-state index contributed by atoms with van der Waals surface area (Å²) in [6, 6.07) is 2.78. The third-order valence-electron chi connectivity index (χ3n) is 3.68. The lowest BCUT2D eigenvalue weighted by atomic mass is 10.0. The molecule has 3 heterocycles. The Morgan fingerprint density at radius 2 is 2.04 bits per heavy atom. The standard InChI is InChI=1S/C16H13F2N5O/c1-4-12-11(16(3,17)18)6-5-9(21-12)7-10-8(2)20-15-14(13(10)19)22-24-23-15/h1,5-6H,7,19H2,2-3H3. The molecule has 0 aromatic carbocycles. The Hall–Kier alpha value is -3.08. The van der Waals surface area contributed by atoms with Crippen molar-refractivity contribution in [3.05, 3.63) is 40.3 Å². The molecule has 0 fully saturated rings. The third-order valence-corrected chi connectivity index (χ3v) is 3.68. The van der Waals surface area contributed by atoms with Crippen molar-refractivity contribution in [2.75, 3.05) is 5.73 Å². The zero-order valence-electron chi connectivity index (χ0n) is 13.0. The van der Waals surface area contributed by atoms with Crippen molar-refractivity contribution in [2.24, 2.45) is 0 Å². The van der Waals surface area contributed by atoms with Gasteiger partial charge in [-0.3, -0.25) is 0 Å². The number of aromatic nitrogens is 4. The third kappa shape index (κ3) is 2.65. The van der Waals surface area contributed by atoms with E-state index in [0.29, 0.717) is 33.8 Å². The van der Waals surface area contributed by atoms with Gasteiger partial charge in [0.15, 0.2) is 5.52 Å². The molecule has 0 aliphatic heterocycles. The van der Waals surface area contributed by atoms with Gasteiger partial charge in [-0.25, -0.2) is 23.4 Å². The molecule has 3 rings (SSSR count). The van der Waals surface area contributed by atoms with Gasteiger partial charge in [-0.05, 0) is 35.3 Å². The number of anilines is 1. The van der Waals surface area contributed by atoms with Crippen LogP contribution in [0.15, 0.2) is 16.8 Å². The smallest absolute Gasteiger partial charge is 0.273 e. The van der Waals surface area contributed by atoms with Gasteiger partial charge in [0.1, 0.15) is 5.69 Å². The van der Waals surface area contributed by atoms with Crippen LogP contribution in [0.4, 0.5) is 14.5 Å². The molecule has 0 unspecified atom stereocenters. The number of rotatable bonds is 3. The van der Waals surface area contributed by atoms with Gasteiger partial charge >= 0.3 is 0 Å². The quantitative estimate of drug-likeness (QED) is 0.743. The van der Waals surface area contributed by atoms with Gasteiger partial charge in [-0.2, -0.15) is 0 Å². The van der Waals surface area contributed by atoms with E-state index >= 15 is 0 Å². The summed E-state index contributed by atoms with van der Waals surface area (Å²) in [5, 5.41) is 7.37. The topological polar surface area (TPSA) is 90.7 Å². The van der Waals surface area contributed by atoms with Gasteiger partial charge in [0.25, 0.3) is 5.92 Å². The molecule has 3 aromatic rings. The highest BCUT2D eigenvalue weighted by atomic mass is 19.3. The Kier molecular flexibility index (Phi) is 3.64. The molecule has 0 amide bonds. The molecular weight excluding hydrogens is 316 g/mol. The van der Waals surface area contributed by atoms with Crippen LogP contribution < -0.4 is 5.73 Å². The Labute approximate surface area is 136 Å². The Morgan fingerprint density at radius 1 is 1.29 bits per heavy atom. The number of nitrogens with zero attached hydrogens (tertiary/aromatic N) is 4. The summed E-state index contributed by atoms with van der Waals surface area (Å²) in [4.78, 5) is 8.40. The van der Waals surface area contributed by atoms with Crippen molar-refractivity contribution in [3.8, 4) is 12.3 Å². The lowest BCUT2D eigenvalue weighted by Gasteiger charge is -2.14. The average Bonchev–Trinajstić information content (AvgIpc) is 2.98. The number of hydrogen-bond donors (Lipinski definition) is 1. The second-order valence-corrected chi connectivity index (χ2v) is 5.43. The second-order valence-electron chi connectivity index (χ2n) is 5.43. The molecule has 24 heavy (non-hydrogen) atoms. The predicted molar refractivity (Wildman–Crippen MR) is 83.3 cm³/mol. The molecule has 0 bridgehead atoms. The molecule has 0 spiro atoms. The zero-order valence-corrected chi connectivity index (χ0v) is 13.0. The van der Waals surface area contributed by atoms with E-state index in [-0.39, 0.29) is 17.7 Å². The van der Waals surface area contributed by atoms with Crippen LogP contribution in [0.1, 0.15) is 35.1 Å². The highest BCUT2D eigenvalue weighted by Crippen LogP contribution is 2.30. The fourth-order valence-electron chi connectivity index (χ4n) is 2.46. The molecule has 2 N–H and O–H groups in total. The number of nitrogen functional groups attached to an aromatic ring is 1. The van der Waals surface area contributed by atoms with E-state index in [1.807, 2.05) is 0 Å². The van der Waals surface area contributed by atoms with Gasteiger partial charge in [-0.1, -0.05) is 0 Å². The first-order chi connectivity index (χ1) is 11.3. The molecule has 122 valence electrons. The average molecular weight is 329 g/mol. The van der Waals surface area contributed by atoms with Gasteiger partial charge in [-0.15, -0.1) is 6.42 Å². The van der Waals surface area contributed by atoms with E-state index in [9.17, 15) is 8.78 Å². The van der Waals surface area contributed by atoms with E-state index in [0.717, 1.165) is 6.92 Å². The molecule has 0 saturated carbocycles. The largest absolute Gasteiger partial charge is 0.396 e. The van der Waals surface area contributed by atoms with Crippen molar-refractivity contribution in [1.29, 1.82) is 0 Å². The predicted octanol–water partition coefficient (Wildman–Crippen LogP) is 2.59. The second kappa shape index (κ2) is 5.53. The minimum atomic E-state index is -3.06. The first kappa shape index (κ1) is 15.8. The van der Waals surface area contributed by atoms with Crippen LogP contribution in [0.25, 0.3) is 11.2 Å². The first-order valence-electron chi connectivity index (χ1n) is 7.03. The molecule has 0 saturated heterocycles. The first-order valence-corrected chi connectivity index (χ1v) is 7.03. The number of aryl methyl sites for hydroxylation is 1. The Morgan fingerprint density at radius 3 is 2.71 bits per heavy atom. The van der Waals surface area contributed by atoms with Gasteiger partial charge in [0, 0.05) is 30.3 Å². The number of pyridine rings is 2. The zero-order chi connectivity index (χ0) is 17.5. The summed E-state index contributed by atoms with van der Waals surface area (Å²) < 4.78 is 31.7. The summed E-state index contributed by atoms with van der Waals surface area (Å²) in [5.74, 6) is -0.853. The maximum atomic E-state index is 13.5. The summed E-state index contributed by atoms with van der Waals surface area (Å²) in [7, 11) is 0. The SMILES string of the molecule is C#Cc1nc(Cc2c(C)nc3nonc3c2N)ccc1C(C)(F)F. The number of fused-ring (bicyclic) bond motifs is 1. The number of hydrogen-bond acceptors (Lipinski definition) is 6. The minimum absolute atomic E-state index is 0.0895. The highest BCUT2D eigenvalue weighted by Gasteiger charge is 2.28. The van der Waals surface area contributed by atoms with Crippen molar-refractivity contribution in [1.82, 2.24) is 20.3 Å². The Balaban J connectivity index is 2.05. The van der Waals surface area contributed by atoms with Crippen LogP contribution in [0.5, 0.6) is 0 Å². The lowest BCUT2D eigenvalue weighted by Crippen LogP contribution is -2.12. The van der Waals surface area contributed by atoms with Gasteiger partial charge in [0.05, 0.1) is 11.3 Å². The van der Waals surface area contributed by atoms with Crippen LogP contribution in [0.3, 0.4) is 0 Å². The lowest BCUT2D eigenvalue weighted by molar-refractivity contribution is 0.0168. The van der Waals surface area contributed by atoms with Gasteiger partial charge < -0.3 is 5.73 Å².